The van der Waals surface area contributed by atoms with Crippen molar-refractivity contribution in [1.29, 1.82) is 0 Å². The number of hydrogen-bond donors (Lipinski definition) is 1. The van der Waals surface area contributed by atoms with Gasteiger partial charge in [-0.3, -0.25) is 9.69 Å². The molecule has 1 unspecified atom stereocenters. The second-order valence-electron chi connectivity index (χ2n) is 12.0. The zero-order valence-electron chi connectivity index (χ0n) is 27.1. The van der Waals surface area contributed by atoms with Gasteiger partial charge in [0.1, 0.15) is 0 Å². The Hall–Kier alpha value is -2.49. The van der Waals surface area contributed by atoms with Crippen molar-refractivity contribution in [2.75, 3.05) is 18.6 Å². The molecule has 44 heavy (non-hydrogen) atoms. The van der Waals surface area contributed by atoms with Crippen LogP contribution in [0.25, 0.3) is 11.1 Å². The van der Waals surface area contributed by atoms with E-state index in [1.165, 1.54) is 43.2 Å². The number of nitrogens with one attached hydrogen (secondary N) is 1. The zero-order valence-corrected chi connectivity index (χ0v) is 27.9. The molecule has 1 aliphatic carbocycles. The Balaban J connectivity index is 0.00000529. The summed E-state index contributed by atoms with van der Waals surface area (Å²) in [6, 6.07) is 22.3. The molecule has 1 N–H and O–H groups in total. The number of aliphatic carboxylic acids is 1. The fraction of sp³-hybridized carbons (Fsp3) is 0.459. The third kappa shape index (κ3) is 10.3. The molecule has 0 saturated heterocycles. The maximum Gasteiger partial charge on any atom is 1.00 e. The van der Waals surface area contributed by atoms with Crippen molar-refractivity contribution in [2.24, 2.45) is 0 Å². The minimum absolute atomic E-state index is 0. The van der Waals surface area contributed by atoms with Crippen LogP contribution < -0.4 is 29.3 Å². The number of carbonyl (C=O) groups excluding carboxylic acids is 2. The summed E-state index contributed by atoms with van der Waals surface area (Å²) in [4.78, 5) is 27.7. The SMILES string of the molecule is CCCCN(Cc1ccc(C2CCCCC2)cc1)Cc1ccc(C(=O)NC(CCSC)C(=O)[O-])c(-c2ccccc2C)c1.[Li+]. The topological polar surface area (TPSA) is 72.5 Å². The number of thioether (sulfide) groups is 1. The minimum atomic E-state index is -1.25. The maximum absolute atomic E-state index is 13.5. The predicted octanol–water partition coefficient (Wildman–Crippen LogP) is 4.12. The van der Waals surface area contributed by atoms with E-state index in [0.29, 0.717) is 23.7 Å². The molecule has 0 aliphatic heterocycles. The molecule has 0 heterocycles. The summed E-state index contributed by atoms with van der Waals surface area (Å²) in [7, 11) is 0. The Morgan fingerprint density at radius 3 is 2.30 bits per heavy atom. The first-order valence-corrected chi connectivity index (χ1v) is 17.3. The molecule has 1 fully saturated rings. The van der Waals surface area contributed by atoms with Crippen LogP contribution in [-0.4, -0.2) is 41.4 Å². The van der Waals surface area contributed by atoms with Gasteiger partial charge in [-0.2, -0.15) is 11.8 Å². The Bertz CT molecular complexity index is 1340. The average Bonchev–Trinajstić information content (AvgIpc) is 3.02. The van der Waals surface area contributed by atoms with Gasteiger partial charge in [0, 0.05) is 18.7 Å². The Morgan fingerprint density at radius 1 is 0.955 bits per heavy atom. The van der Waals surface area contributed by atoms with Crippen LogP contribution >= 0.6 is 11.8 Å². The number of amides is 1. The average molecular weight is 607 g/mol. The van der Waals surface area contributed by atoms with Gasteiger partial charge in [-0.05, 0) is 103 Å². The second-order valence-corrected chi connectivity index (χ2v) is 12.9. The van der Waals surface area contributed by atoms with Crippen LogP contribution in [0.5, 0.6) is 0 Å². The molecule has 1 amide bonds. The standard InChI is InChI=1S/C37H48N2O3S.Li/c1-4-5-22-39(25-28-15-18-31(19-16-28)30-12-7-6-8-13-30)26-29-17-20-33(34(24-29)32-14-10-9-11-27(32)2)36(40)38-35(37(41)42)21-23-43-3;/h9-11,14-20,24,30,35H,4-8,12-13,21-23,25-26H2,1-3H3,(H,38,40)(H,41,42);/q;+1/p-1. The second kappa shape index (κ2) is 18.5. The molecule has 4 rings (SSSR count). The molecule has 0 aromatic heterocycles. The van der Waals surface area contributed by atoms with Crippen molar-refractivity contribution >= 4 is 23.6 Å². The van der Waals surface area contributed by atoms with Crippen LogP contribution in [0.1, 0.15) is 96.8 Å². The maximum atomic E-state index is 13.5. The van der Waals surface area contributed by atoms with Crippen LogP contribution in [0.2, 0.25) is 0 Å². The quantitative estimate of drug-likeness (QED) is 0.264. The number of nitrogens with zero attached hydrogens (tertiary/aromatic N) is 1. The number of carboxylic acids is 1. The van der Waals surface area contributed by atoms with Crippen molar-refractivity contribution < 1.29 is 33.6 Å². The Morgan fingerprint density at radius 2 is 1.64 bits per heavy atom. The third-order valence-corrected chi connectivity index (χ3v) is 9.30. The molecule has 3 aromatic rings. The fourth-order valence-corrected chi connectivity index (χ4v) is 6.62. The number of rotatable bonds is 15. The van der Waals surface area contributed by atoms with Crippen LogP contribution in [0.3, 0.4) is 0 Å². The first kappa shape index (κ1) is 36.0. The van der Waals surface area contributed by atoms with Gasteiger partial charge >= 0.3 is 18.9 Å². The smallest absolute Gasteiger partial charge is 0.548 e. The summed E-state index contributed by atoms with van der Waals surface area (Å²) in [5.74, 6) is -0.308. The van der Waals surface area contributed by atoms with Gasteiger partial charge in [-0.15, -0.1) is 0 Å². The van der Waals surface area contributed by atoms with E-state index in [2.05, 4.69) is 47.5 Å². The number of unbranched alkanes of at least 4 members (excludes halogenated alkanes) is 1. The molecule has 5 nitrogen and oxygen atoms in total. The number of benzene rings is 3. The van der Waals surface area contributed by atoms with Crippen molar-refractivity contribution in [2.45, 2.75) is 90.3 Å². The largest absolute Gasteiger partial charge is 1.00 e. The van der Waals surface area contributed by atoms with Gasteiger partial charge in [0.15, 0.2) is 0 Å². The first-order valence-electron chi connectivity index (χ1n) is 15.9. The Labute approximate surface area is 280 Å². The summed E-state index contributed by atoms with van der Waals surface area (Å²) >= 11 is 1.55. The molecule has 0 radical (unpaired) electrons. The summed E-state index contributed by atoms with van der Waals surface area (Å²) in [5, 5.41) is 14.5. The summed E-state index contributed by atoms with van der Waals surface area (Å²) < 4.78 is 0. The van der Waals surface area contributed by atoms with Crippen LogP contribution in [-0.2, 0) is 17.9 Å². The van der Waals surface area contributed by atoms with Crippen molar-refractivity contribution in [1.82, 2.24) is 10.2 Å². The van der Waals surface area contributed by atoms with E-state index < -0.39 is 12.0 Å². The van der Waals surface area contributed by atoms with Gasteiger partial charge in [0.25, 0.3) is 5.91 Å². The van der Waals surface area contributed by atoms with E-state index >= 15 is 0 Å². The Kier molecular flexibility index (Phi) is 15.1. The third-order valence-electron chi connectivity index (χ3n) is 8.66. The molecule has 230 valence electrons. The molecule has 7 heteroatoms. The van der Waals surface area contributed by atoms with E-state index in [1.54, 1.807) is 11.8 Å². The van der Waals surface area contributed by atoms with Gasteiger partial charge in [0.05, 0.1) is 12.0 Å². The monoisotopic (exact) mass is 606 g/mol. The molecule has 1 saturated carbocycles. The number of carbonyl (C=O) groups is 2. The molecule has 0 bridgehead atoms. The van der Waals surface area contributed by atoms with Crippen LogP contribution in [0.4, 0.5) is 0 Å². The predicted molar refractivity (Wildman–Crippen MR) is 177 cm³/mol. The van der Waals surface area contributed by atoms with E-state index in [9.17, 15) is 14.7 Å². The molecular weight excluding hydrogens is 559 g/mol. The summed E-state index contributed by atoms with van der Waals surface area (Å²) in [6.45, 7) is 6.89. The van der Waals surface area contributed by atoms with E-state index in [1.807, 2.05) is 49.6 Å². The van der Waals surface area contributed by atoms with Crippen molar-refractivity contribution in [3.05, 3.63) is 94.5 Å². The van der Waals surface area contributed by atoms with E-state index in [4.69, 9.17) is 0 Å². The number of hydrogen-bond acceptors (Lipinski definition) is 5. The van der Waals surface area contributed by atoms with Gasteiger partial charge in [-0.1, -0.05) is 87.2 Å². The molecule has 3 aromatic carbocycles. The number of aryl methyl sites for hydroxylation is 1. The van der Waals surface area contributed by atoms with Crippen molar-refractivity contribution in [3.8, 4) is 11.1 Å². The van der Waals surface area contributed by atoms with E-state index in [-0.39, 0.29) is 24.8 Å². The van der Waals surface area contributed by atoms with Crippen LogP contribution in [0, 0.1) is 6.92 Å². The van der Waals surface area contributed by atoms with Gasteiger partial charge < -0.3 is 15.2 Å². The van der Waals surface area contributed by atoms with Crippen LogP contribution in [0.15, 0.2) is 66.7 Å². The summed E-state index contributed by atoms with van der Waals surface area (Å²) in [5.41, 5.74) is 7.27. The van der Waals surface area contributed by atoms with Gasteiger partial charge in [-0.25, -0.2) is 0 Å². The van der Waals surface area contributed by atoms with Crippen molar-refractivity contribution in [3.63, 3.8) is 0 Å². The molecule has 1 aliphatic rings. The molecule has 0 spiro atoms. The number of carboxylic acid groups (broad SMARTS) is 1. The zero-order chi connectivity index (χ0) is 30.6. The minimum Gasteiger partial charge on any atom is -0.548 e. The van der Waals surface area contributed by atoms with E-state index in [0.717, 1.165) is 54.7 Å². The molecular formula is C37H47LiN2O3S. The normalized spacial score (nSPS) is 14.2. The van der Waals surface area contributed by atoms with Gasteiger partial charge in [0.2, 0.25) is 0 Å². The summed E-state index contributed by atoms with van der Waals surface area (Å²) in [6.07, 6.45) is 11.2. The molecule has 1 atom stereocenters. The first-order chi connectivity index (χ1) is 20.9. The fourth-order valence-electron chi connectivity index (χ4n) is 6.15.